The van der Waals surface area contributed by atoms with Crippen LogP contribution in [0.1, 0.15) is 21.6 Å². The Bertz CT molecular complexity index is 539. The fourth-order valence-corrected chi connectivity index (χ4v) is 6.25. The molecule has 0 amide bonds. The van der Waals surface area contributed by atoms with Gasteiger partial charge in [0.1, 0.15) is 0 Å². The normalized spacial score (nSPS) is 22.8. The van der Waals surface area contributed by atoms with E-state index in [1.807, 2.05) is 11.8 Å². The van der Waals surface area contributed by atoms with E-state index in [0.29, 0.717) is 10.5 Å². The second-order valence-electron chi connectivity index (χ2n) is 4.41. The van der Waals surface area contributed by atoms with E-state index in [9.17, 15) is 0 Å². The van der Waals surface area contributed by atoms with Gasteiger partial charge in [0.2, 0.25) is 0 Å². The Labute approximate surface area is 145 Å². The fraction of sp³-hybridized carbons (Fsp3) is 0.125. The maximum Gasteiger partial charge on any atom is 0.0621 e. The molecule has 0 aliphatic carbocycles. The summed E-state index contributed by atoms with van der Waals surface area (Å²) in [6, 6.07) is 21.6. The number of thioether (sulfide) groups is 1. The number of benzene rings is 2. The molecular formula is C16H12I2S. The minimum absolute atomic E-state index is 0.485. The predicted octanol–water partition coefficient (Wildman–Crippen LogP) is 6.30. The Balaban J connectivity index is 1.94. The van der Waals surface area contributed by atoms with Gasteiger partial charge in [0.25, 0.3) is 0 Å². The monoisotopic (exact) mass is 490 g/mol. The lowest BCUT2D eigenvalue weighted by Gasteiger charge is -2.14. The van der Waals surface area contributed by atoms with Crippen molar-refractivity contribution in [1.29, 1.82) is 0 Å². The van der Waals surface area contributed by atoms with Crippen LogP contribution < -0.4 is 0 Å². The van der Waals surface area contributed by atoms with Crippen LogP contribution in [-0.2, 0) is 0 Å². The lowest BCUT2D eigenvalue weighted by Crippen LogP contribution is -1.91. The molecule has 0 fully saturated rings. The van der Waals surface area contributed by atoms with E-state index in [1.54, 1.807) is 0 Å². The third kappa shape index (κ3) is 2.88. The van der Waals surface area contributed by atoms with Gasteiger partial charge in [-0.25, -0.2) is 0 Å². The van der Waals surface area contributed by atoms with Crippen LogP contribution in [0.3, 0.4) is 0 Å². The summed E-state index contributed by atoms with van der Waals surface area (Å²) in [6.07, 6.45) is 0. The van der Waals surface area contributed by atoms with Gasteiger partial charge in [-0.1, -0.05) is 60.7 Å². The highest BCUT2D eigenvalue weighted by Gasteiger charge is 2.33. The highest BCUT2D eigenvalue weighted by molar-refractivity contribution is 14.1. The van der Waals surface area contributed by atoms with Crippen molar-refractivity contribution < 1.29 is 0 Å². The molecule has 2 unspecified atom stereocenters. The van der Waals surface area contributed by atoms with Gasteiger partial charge in [-0.15, -0.1) is 11.8 Å². The summed E-state index contributed by atoms with van der Waals surface area (Å²) in [4.78, 5) is 0. The van der Waals surface area contributed by atoms with Crippen molar-refractivity contribution in [3.8, 4) is 0 Å². The maximum atomic E-state index is 2.52. The van der Waals surface area contributed by atoms with Gasteiger partial charge >= 0.3 is 0 Å². The molecule has 1 heterocycles. The highest BCUT2D eigenvalue weighted by Crippen LogP contribution is 2.59. The van der Waals surface area contributed by atoms with Crippen molar-refractivity contribution >= 4 is 56.9 Å². The molecule has 3 rings (SSSR count). The maximum absolute atomic E-state index is 2.52. The van der Waals surface area contributed by atoms with Crippen LogP contribution in [0.4, 0.5) is 0 Å². The summed E-state index contributed by atoms with van der Waals surface area (Å²) in [5.74, 6) is 0. The summed E-state index contributed by atoms with van der Waals surface area (Å²) in [5.41, 5.74) is 2.81. The minimum Gasteiger partial charge on any atom is -0.135 e. The molecule has 0 radical (unpaired) electrons. The van der Waals surface area contributed by atoms with E-state index in [-0.39, 0.29) is 0 Å². The molecule has 3 heteroatoms. The van der Waals surface area contributed by atoms with Gasteiger partial charge in [0.15, 0.2) is 0 Å². The summed E-state index contributed by atoms with van der Waals surface area (Å²) >= 11 is 7.08. The molecular weight excluding hydrogens is 478 g/mol. The lowest BCUT2D eigenvalue weighted by atomic mass is 10.1. The quantitative estimate of drug-likeness (QED) is 0.446. The largest absolute Gasteiger partial charge is 0.135 e. The zero-order valence-electron chi connectivity index (χ0n) is 10.1. The fourth-order valence-electron chi connectivity index (χ4n) is 2.21. The van der Waals surface area contributed by atoms with Crippen LogP contribution in [0.25, 0.3) is 0 Å². The van der Waals surface area contributed by atoms with Crippen molar-refractivity contribution in [2.45, 2.75) is 10.5 Å². The topological polar surface area (TPSA) is 0 Å². The number of hydrogen-bond donors (Lipinski definition) is 0. The van der Waals surface area contributed by atoms with E-state index in [1.165, 1.54) is 18.3 Å². The number of hydrogen-bond acceptors (Lipinski definition) is 1. The summed E-state index contributed by atoms with van der Waals surface area (Å²) < 4.78 is 2.95. The average molecular weight is 490 g/mol. The average Bonchev–Trinajstić information content (AvgIpc) is 2.77. The van der Waals surface area contributed by atoms with Crippen molar-refractivity contribution in [3.63, 3.8) is 0 Å². The van der Waals surface area contributed by atoms with E-state index < -0.39 is 0 Å². The Hall–Kier alpha value is -0.0100. The molecule has 0 nitrogen and oxygen atoms in total. The van der Waals surface area contributed by atoms with Gasteiger partial charge in [-0.2, -0.15) is 0 Å². The molecule has 0 bridgehead atoms. The summed E-state index contributed by atoms with van der Waals surface area (Å²) in [7, 11) is 0. The predicted molar refractivity (Wildman–Crippen MR) is 101 cm³/mol. The van der Waals surface area contributed by atoms with Gasteiger partial charge < -0.3 is 0 Å². The first-order chi connectivity index (χ1) is 9.27. The van der Waals surface area contributed by atoms with Crippen LogP contribution in [0.2, 0.25) is 0 Å². The molecule has 2 aromatic carbocycles. The third-order valence-electron chi connectivity index (χ3n) is 3.17. The van der Waals surface area contributed by atoms with Crippen molar-refractivity contribution in [2.24, 2.45) is 0 Å². The molecule has 1 aliphatic heterocycles. The van der Waals surface area contributed by atoms with E-state index in [4.69, 9.17) is 0 Å². The number of rotatable bonds is 2. The molecule has 19 heavy (non-hydrogen) atoms. The second-order valence-corrected chi connectivity index (χ2v) is 7.95. The van der Waals surface area contributed by atoms with Crippen LogP contribution in [0, 0.1) is 0 Å². The molecule has 96 valence electrons. The van der Waals surface area contributed by atoms with Gasteiger partial charge in [0.05, 0.1) is 10.5 Å². The Kier molecular flexibility index (Phi) is 4.54. The van der Waals surface area contributed by atoms with E-state index in [0.717, 1.165) is 0 Å². The Morgan fingerprint density at radius 1 is 0.632 bits per heavy atom. The second kappa shape index (κ2) is 6.18. The summed E-state index contributed by atoms with van der Waals surface area (Å²) in [6.45, 7) is 0. The molecule has 0 aromatic heterocycles. The Morgan fingerprint density at radius 2 is 1.00 bits per heavy atom. The van der Waals surface area contributed by atoms with E-state index in [2.05, 4.69) is 106 Å². The lowest BCUT2D eigenvalue weighted by molar-refractivity contribution is 1.24. The zero-order valence-corrected chi connectivity index (χ0v) is 15.2. The van der Waals surface area contributed by atoms with Gasteiger partial charge in [-0.3, -0.25) is 0 Å². The number of halogens is 2. The molecule has 0 saturated carbocycles. The molecule has 0 saturated heterocycles. The van der Waals surface area contributed by atoms with Crippen molar-refractivity contribution in [1.82, 2.24) is 0 Å². The van der Waals surface area contributed by atoms with Crippen molar-refractivity contribution in [3.05, 3.63) is 79.0 Å². The SMILES string of the molecule is IC1=C(I)C(c2ccccc2)SC1c1ccccc1. The highest BCUT2D eigenvalue weighted by atomic mass is 127. The molecule has 0 N–H and O–H groups in total. The van der Waals surface area contributed by atoms with Crippen LogP contribution >= 0.6 is 56.9 Å². The first kappa shape index (κ1) is 13.9. The standard InChI is InChI=1S/C16H12I2S/c17-13-14(18)16(12-9-5-2-6-10-12)19-15(13)11-7-3-1-4-8-11/h1-10,15-16H. The molecule has 2 atom stereocenters. The van der Waals surface area contributed by atoms with Crippen LogP contribution in [0.5, 0.6) is 0 Å². The smallest absolute Gasteiger partial charge is 0.0621 e. The van der Waals surface area contributed by atoms with E-state index >= 15 is 0 Å². The van der Waals surface area contributed by atoms with Gasteiger partial charge in [0, 0.05) is 7.16 Å². The van der Waals surface area contributed by atoms with Crippen LogP contribution in [-0.4, -0.2) is 0 Å². The third-order valence-corrected chi connectivity index (χ3v) is 9.01. The van der Waals surface area contributed by atoms with Crippen LogP contribution in [0.15, 0.2) is 67.8 Å². The van der Waals surface area contributed by atoms with Gasteiger partial charge in [-0.05, 0) is 56.3 Å². The first-order valence-corrected chi connectivity index (χ1v) is 9.18. The first-order valence-electron chi connectivity index (χ1n) is 6.08. The molecule has 0 spiro atoms. The molecule has 2 aromatic rings. The van der Waals surface area contributed by atoms with Crippen molar-refractivity contribution in [2.75, 3.05) is 0 Å². The zero-order chi connectivity index (χ0) is 13.2. The molecule has 1 aliphatic rings. The Morgan fingerprint density at radius 3 is 1.37 bits per heavy atom. The minimum atomic E-state index is 0.485. The summed E-state index contributed by atoms with van der Waals surface area (Å²) in [5, 5.41) is 0.970.